The summed E-state index contributed by atoms with van der Waals surface area (Å²) in [5.41, 5.74) is 8.87. The van der Waals surface area contributed by atoms with E-state index in [1.54, 1.807) is 7.11 Å². The summed E-state index contributed by atoms with van der Waals surface area (Å²) in [6.07, 6.45) is 1.03. The number of methoxy groups -OCH3 is 1. The number of rotatable bonds is 5. The van der Waals surface area contributed by atoms with Gasteiger partial charge in [-0.2, -0.15) is 0 Å². The van der Waals surface area contributed by atoms with Crippen molar-refractivity contribution in [3.8, 4) is 0 Å². The van der Waals surface area contributed by atoms with E-state index in [0.29, 0.717) is 0 Å². The highest BCUT2D eigenvalue weighted by atomic mass is 16.5. The van der Waals surface area contributed by atoms with Gasteiger partial charge in [0, 0.05) is 25.9 Å². The summed E-state index contributed by atoms with van der Waals surface area (Å²) in [6.45, 7) is 8.28. The van der Waals surface area contributed by atoms with E-state index in [2.05, 4.69) is 29.5 Å². The molecule has 0 bridgehead atoms. The number of benzene rings is 1. The number of nitrogens with zero attached hydrogens (tertiary/aromatic N) is 2. The van der Waals surface area contributed by atoms with E-state index in [1.807, 2.05) is 19.1 Å². The van der Waals surface area contributed by atoms with Gasteiger partial charge < -0.3 is 15.0 Å². The average Bonchev–Trinajstić information content (AvgIpc) is 2.62. The predicted molar refractivity (Wildman–Crippen MR) is 79.2 cm³/mol. The van der Waals surface area contributed by atoms with Gasteiger partial charge in [0.05, 0.1) is 11.0 Å². The highest BCUT2D eigenvalue weighted by Crippen LogP contribution is 2.27. The molecule has 0 saturated carbocycles. The first-order valence-corrected chi connectivity index (χ1v) is 6.64. The van der Waals surface area contributed by atoms with Crippen molar-refractivity contribution >= 4 is 16.7 Å². The second-order valence-corrected chi connectivity index (χ2v) is 5.90. The molecular weight excluding hydrogens is 238 g/mol. The molecule has 0 radical (unpaired) electrons. The van der Waals surface area contributed by atoms with Crippen molar-refractivity contribution in [2.45, 2.75) is 33.7 Å². The Morgan fingerprint density at radius 1 is 1.37 bits per heavy atom. The molecule has 0 aliphatic carbocycles. The van der Waals surface area contributed by atoms with Gasteiger partial charge in [-0.15, -0.1) is 0 Å². The van der Waals surface area contributed by atoms with Crippen LogP contribution in [0.3, 0.4) is 0 Å². The summed E-state index contributed by atoms with van der Waals surface area (Å²) >= 11 is 0. The molecule has 2 aromatic rings. The number of hydrogen-bond donors (Lipinski definition) is 1. The summed E-state index contributed by atoms with van der Waals surface area (Å²) in [5, 5.41) is 0. The number of ether oxygens (including phenoxy) is 1. The molecule has 2 N–H and O–H groups in total. The largest absolute Gasteiger partial charge is 0.399 e. The van der Waals surface area contributed by atoms with Crippen molar-refractivity contribution < 1.29 is 4.74 Å². The van der Waals surface area contributed by atoms with Crippen LogP contribution in [0.2, 0.25) is 0 Å². The normalized spacial score (nSPS) is 12.2. The first-order chi connectivity index (χ1) is 8.93. The molecular formula is C15H23N3O. The van der Waals surface area contributed by atoms with Gasteiger partial charge in [0.25, 0.3) is 0 Å². The number of aromatic nitrogens is 2. The molecule has 1 aromatic carbocycles. The summed E-state index contributed by atoms with van der Waals surface area (Å²) in [4.78, 5) is 4.59. The molecule has 19 heavy (non-hydrogen) atoms. The second kappa shape index (κ2) is 5.21. The van der Waals surface area contributed by atoms with Gasteiger partial charge in [0.15, 0.2) is 0 Å². The Morgan fingerprint density at radius 2 is 2.11 bits per heavy atom. The van der Waals surface area contributed by atoms with Crippen LogP contribution in [0.4, 0.5) is 5.69 Å². The Bertz CT molecular complexity index is 572. The lowest BCUT2D eigenvalue weighted by atomic mass is 9.89. The lowest BCUT2D eigenvalue weighted by Gasteiger charge is -2.25. The van der Waals surface area contributed by atoms with Gasteiger partial charge in [0.2, 0.25) is 0 Å². The predicted octanol–water partition coefficient (Wildman–Crippen LogP) is 2.99. The third-order valence-corrected chi connectivity index (χ3v) is 3.53. The minimum atomic E-state index is 0.176. The maximum absolute atomic E-state index is 5.81. The smallest absolute Gasteiger partial charge is 0.106 e. The summed E-state index contributed by atoms with van der Waals surface area (Å²) in [7, 11) is 1.75. The molecule has 0 saturated heterocycles. The quantitative estimate of drug-likeness (QED) is 0.842. The highest BCUT2D eigenvalue weighted by Gasteiger charge is 2.20. The van der Waals surface area contributed by atoms with Crippen molar-refractivity contribution in [2.24, 2.45) is 5.41 Å². The average molecular weight is 261 g/mol. The first-order valence-electron chi connectivity index (χ1n) is 6.64. The van der Waals surface area contributed by atoms with Crippen LogP contribution in [-0.4, -0.2) is 23.3 Å². The standard InChI is InChI=1S/C15H23N3O/c1-11-17-13-9-12(16)5-6-14(13)18(11)10-15(2,3)7-8-19-4/h5-6,9H,7-8,10,16H2,1-4H3. The number of hydrogen-bond acceptors (Lipinski definition) is 3. The molecule has 0 spiro atoms. The molecule has 1 aromatic heterocycles. The van der Waals surface area contributed by atoms with Crippen LogP contribution in [0.25, 0.3) is 11.0 Å². The zero-order valence-corrected chi connectivity index (χ0v) is 12.2. The number of imidazole rings is 1. The van der Waals surface area contributed by atoms with E-state index in [-0.39, 0.29) is 5.41 Å². The Morgan fingerprint density at radius 3 is 2.79 bits per heavy atom. The number of nitrogen functional groups attached to an aromatic ring is 1. The van der Waals surface area contributed by atoms with Crippen LogP contribution in [0.1, 0.15) is 26.1 Å². The topological polar surface area (TPSA) is 53.1 Å². The van der Waals surface area contributed by atoms with E-state index in [4.69, 9.17) is 10.5 Å². The zero-order valence-electron chi connectivity index (χ0n) is 12.2. The van der Waals surface area contributed by atoms with Crippen molar-refractivity contribution in [1.29, 1.82) is 0 Å². The van der Waals surface area contributed by atoms with Gasteiger partial charge in [0.1, 0.15) is 5.82 Å². The zero-order chi connectivity index (χ0) is 14.0. The molecule has 1 heterocycles. The van der Waals surface area contributed by atoms with E-state index < -0.39 is 0 Å². The number of fused-ring (bicyclic) bond motifs is 1. The fraction of sp³-hybridized carbons (Fsp3) is 0.533. The van der Waals surface area contributed by atoms with Crippen LogP contribution in [0.5, 0.6) is 0 Å². The molecule has 0 atom stereocenters. The van der Waals surface area contributed by atoms with Gasteiger partial charge in [-0.1, -0.05) is 13.8 Å². The van der Waals surface area contributed by atoms with Crippen molar-refractivity contribution in [3.05, 3.63) is 24.0 Å². The van der Waals surface area contributed by atoms with Crippen LogP contribution >= 0.6 is 0 Å². The van der Waals surface area contributed by atoms with Crippen molar-refractivity contribution in [1.82, 2.24) is 9.55 Å². The molecule has 4 nitrogen and oxygen atoms in total. The van der Waals surface area contributed by atoms with Crippen LogP contribution in [-0.2, 0) is 11.3 Å². The number of anilines is 1. The molecule has 0 unspecified atom stereocenters. The van der Waals surface area contributed by atoms with E-state index in [0.717, 1.165) is 42.1 Å². The first kappa shape index (κ1) is 13.9. The lowest BCUT2D eigenvalue weighted by molar-refractivity contribution is 0.143. The molecule has 0 aliphatic rings. The summed E-state index contributed by atoms with van der Waals surface area (Å²) in [5.74, 6) is 1.03. The maximum Gasteiger partial charge on any atom is 0.106 e. The van der Waals surface area contributed by atoms with E-state index >= 15 is 0 Å². The van der Waals surface area contributed by atoms with Crippen molar-refractivity contribution in [3.63, 3.8) is 0 Å². The van der Waals surface area contributed by atoms with Crippen molar-refractivity contribution in [2.75, 3.05) is 19.5 Å². The van der Waals surface area contributed by atoms with E-state index in [9.17, 15) is 0 Å². The Balaban J connectivity index is 2.32. The number of nitrogens with two attached hydrogens (primary N) is 1. The third-order valence-electron chi connectivity index (χ3n) is 3.53. The fourth-order valence-corrected chi connectivity index (χ4v) is 2.35. The Kier molecular flexibility index (Phi) is 3.80. The minimum Gasteiger partial charge on any atom is -0.399 e. The SMILES string of the molecule is COCCC(C)(C)Cn1c(C)nc2cc(N)ccc21. The second-order valence-electron chi connectivity index (χ2n) is 5.90. The summed E-state index contributed by atoms with van der Waals surface area (Å²) < 4.78 is 7.46. The summed E-state index contributed by atoms with van der Waals surface area (Å²) in [6, 6.07) is 5.92. The Labute approximate surface area is 114 Å². The molecule has 2 rings (SSSR count). The molecule has 0 amide bonds. The number of aryl methyl sites for hydroxylation is 1. The van der Waals surface area contributed by atoms with Crippen LogP contribution in [0.15, 0.2) is 18.2 Å². The highest BCUT2D eigenvalue weighted by molar-refractivity contribution is 5.79. The monoisotopic (exact) mass is 261 g/mol. The van der Waals surface area contributed by atoms with Gasteiger partial charge in [-0.05, 0) is 37.0 Å². The molecule has 4 heteroatoms. The molecule has 104 valence electrons. The third kappa shape index (κ3) is 3.07. The van der Waals surface area contributed by atoms with Gasteiger partial charge in [-0.25, -0.2) is 4.98 Å². The van der Waals surface area contributed by atoms with Crippen LogP contribution < -0.4 is 5.73 Å². The van der Waals surface area contributed by atoms with Gasteiger partial charge in [-0.3, -0.25) is 0 Å². The minimum absolute atomic E-state index is 0.176. The van der Waals surface area contributed by atoms with E-state index in [1.165, 1.54) is 0 Å². The molecule has 0 fully saturated rings. The van der Waals surface area contributed by atoms with Crippen LogP contribution in [0, 0.1) is 12.3 Å². The lowest BCUT2D eigenvalue weighted by Crippen LogP contribution is -2.22. The van der Waals surface area contributed by atoms with Gasteiger partial charge >= 0.3 is 0 Å². The molecule has 0 aliphatic heterocycles. The maximum atomic E-state index is 5.81. The Hall–Kier alpha value is -1.55. The fourth-order valence-electron chi connectivity index (χ4n) is 2.35.